The van der Waals surface area contributed by atoms with Gasteiger partial charge in [-0.25, -0.2) is 4.98 Å². The summed E-state index contributed by atoms with van der Waals surface area (Å²) in [5, 5.41) is 4.48. The zero-order valence-electron chi connectivity index (χ0n) is 10.7. The fourth-order valence-corrected chi connectivity index (χ4v) is 2.89. The first kappa shape index (κ1) is 13.7. The Labute approximate surface area is 121 Å². The molecule has 0 aliphatic carbocycles. The first-order valence-corrected chi connectivity index (χ1v) is 7.73. The van der Waals surface area contributed by atoms with Crippen molar-refractivity contribution in [2.24, 2.45) is 0 Å². The van der Waals surface area contributed by atoms with E-state index in [4.69, 9.17) is 0 Å². The second-order valence-electron chi connectivity index (χ2n) is 4.27. The lowest BCUT2D eigenvalue weighted by molar-refractivity contribution is 0.681. The maximum Gasteiger partial charge on any atom is 0.123 e. The first-order valence-electron chi connectivity index (χ1n) is 6.12. The standard InChI is InChI=1S/C14H17BrN2S/c1-3-6-16-8-12-9-17-14(18-12)11-5-4-10(2)13(15)7-11/h4-5,7,9,16H,3,6,8H2,1-2H3. The quantitative estimate of drug-likeness (QED) is 0.825. The van der Waals surface area contributed by atoms with Gasteiger partial charge in [0.2, 0.25) is 0 Å². The summed E-state index contributed by atoms with van der Waals surface area (Å²) in [5.41, 5.74) is 2.43. The molecule has 1 aromatic carbocycles. The number of halogens is 1. The van der Waals surface area contributed by atoms with Crippen molar-refractivity contribution in [3.8, 4) is 10.6 Å². The highest BCUT2D eigenvalue weighted by Gasteiger charge is 2.06. The van der Waals surface area contributed by atoms with Gasteiger partial charge in [-0.05, 0) is 31.5 Å². The first-order chi connectivity index (χ1) is 8.70. The third-order valence-electron chi connectivity index (χ3n) is 2.70. The molecular weight excluding hydrogens is 308 g/mol. The van der Waals surface area contributed by atoms with Gasteiger partial charge in [0.05, 0.1) is 0 Å². The van der Waals surface area contributed by atoms with Crippen molar-refractivity contribution in [1.82, 2.24) is 10.3 Å². The molecule has 0 fully saturated rings. The van der Waals surface area contributed by atoms with Gasteiger partial charge in [-0.15, -0.1) is 11.3 Å². The van der Waals surface area contributed by atoms with Crippen LogP contribution in [0.25, 0.3) is 10.6 Å². The van der Waals surface area contributed by atoms with Crippen LogP contribution in [0.15, 0.2) is 28.9 Å². The molecule has 0 aliphatic heterocycles. The van der Waals surface area contributed by atoms with Crippen LogP contribution in [0.2, 0.25) is 0 Å². The Balaban J connectivity index is 2.11. The second kappa shape index (κ2) is 6.45. The zero-order chi connectivity index (χ0) is 13.0. The van der Waals surface area contributed by atoms with Crippen LogP contribution in [0, 0.1) is 6.92 Å². The van der Waals surface area contributed by atoms with Crippen molar-refractivity contribution < 1.29 is 0 Å². The fourth-order valence-electron chi connectivity index (χ4n) is 1.64. The lowest BCUT2D eigenvalue weighted by Crippen LogP contribution is -2.12. The Hall–Kier alpha value is -0.710. The van der Waals surface area contributed by atoms with Gasteiger partial charge in [-0.1, -0.05) is 35.0 Å². The predicted octanol–water partition coefficient (Wildman–Crippen LogP) is 4.38. The molecule has 2 nitrogen and oxygen atoms in total. The molecule has 1 heterocycles. The minimum atomic E-state index is 0.915. The number of nitrogens with one attached hydrogen (secondary N) is 1. The van der Waals surface area contributed by atoms with Crippen LogP contribution in [-0.2, 0) is 6.54 Å². The zero-order valence-corrected chi connectivity index (χ0v) is 13.1. The number of thiazole rings is 1. The van der Waals surface area contributed by atoms with Gasteiger partial charge in [0.1, 0.15) is 5.01 Å². The third kappa shape index (κ3) is 3.40. The molecule has 96 valence electrons. The van der Waals surface area contributed by atoms with Gasteiger partial charge in [0.15, 0.2) is 0 Å². The Kier molecular flexibility index (Phi) is 4.92. The molecule has 0 amide bonds. The molecule has 1 aromatic heterocycles. The van der Waals surface area contributed by atoms with Crippen LogP contribution in [0.1, 0.15) is 23.8 Å². The number of aryl methyl sites for hydroxylation is 1. The molecule has 1 N–H and O–H groups in total. The van der Waals surface area contributed by atoms with E-state index in [-0.39, 0.29) is 0 Å². The third-order valence-corrected chi connectivity index (χ3v) is 4.60. The van der Waals surface area contributed by atoms with Crippen molar-refractivity contribution in [1.29, 1.82) is 0 Å². The van der Waals surface area contributed by atoms with Gasteiger partial charge in [-0.3, -0.25) is 0 Å². The molecule has 18 heavy (non-hydrogen) atoms. The summed E-state index contributed by atoms with van der Waals surface area (Å²) in [4.78, 5) is 5.78. The minimum Gasteiger partial charge on any atom is -0.312 e. The van der Waals surface area contributed by atoms with Crippen LogP contribution in [0.3, 0.4) is 0 Å². The Bertz CT molecular complexity index is 522. The van der Waals surface area contributed by atoms with Crippen molar-refractivity contribution in [3.05, 3.63) is 39.3 Å². The van der Waals surface area contributed by atoms with E-state index in [9.17, 15) is 0 Å². The van der Waals surface area contributed by atoms with Crippen LogP contribution >= 0.6 is 27.3 Å². The summed E-state index contributed by atoms with van der Waals surface area (Å²) >= 11 is 5.32. The van der Waals surface area contributed by atoms with E-state index in [1.165, 1.54) is 16.0 Å². The average Bonchev–Trinajstić information content (AvgIpc) is 2.82. The van der Waals surface area contributed by atoms with E-state index in [0.717, 1.165) is 29.0 Å². The van der Waals surface area contributed by atoms with E-state index in [1.807, 2.05) is 6.20 Å². The summed E-state index contributed by atoms with van der Waals surface area (Å²) < 4.78 is 1.14. The number of hydrogen-bond donors (Lipinski definition) is 1. The number of aromatic nitrogens is 1. The topological polar surface area (TPSA) is 24.9 Å². The van der Waals surface area contributed by atoms with E-state index in [1.54, 1.807) is 11.3 Å². The monoisotopic (exact) mass is 324 g/mol. The largest absolute Gasteiger partial charge is 0.312 e. The number of rotatable bonds is 5. The summed E-state index contributed by atoms with van der Waals surface area (Å²) in [6.45, 7) is 6.24. The normalized spacial score (nSPS) is 10.8. The molecule has 0 atom stereocenters. The second-order valence-corrected chi connectivity index (χ2v) is 6.24. The van der Waals surface area contributed by atoms with Gasteiger partial charge in [-0.2, -0.15) is 0 Å². The molecule has 0 saturated heterocycles. The molecular formula is C14H17BrN2S. The molecule has 2 rings (SSSR count). The van der Waals surface area contributed by atoms with Gasteiger partial charge < -0.3 is 5.32 Å². The molecule has 0 unspecified atom stereocenters. The smallest absolute Gasteiger partial charge is 0.123 e. The molecule has 0 radical (unpaired) electrons. The number of hydrogen-bond acceptors (Lipinski definition) is 3. The van der Waals surface area contributed by atoms with E-state index in [0.29, 0.717) is 0 Å². The average molecular weight is 325 g/mol. The summed E-state index contributed by atoms with van der Waals surface area (Å²) in [6, 6.07) is 6.38. The molecule has 0 saturated carbocycles. The summed E-state index contributed by atoms with van der Waals surface area (Å²) in [7, 11) is 0. The Morgan fingerprint density at radius 1 is 1.39 bits per heavy atom. The predicted molar refractivity (Wildman–Crippen MR) is 82.0 cm³/mol. The molecule has 4 heteroatoms. The highest BCUT2D eigenvalue weighted by molar-refractivity contribution is 9.10. The van der Waals surface area contributed by atoms with Crippen molar-refractivity contribution >= 4 is 27.3 Å². The fraction of sp³-hybridized carbons (Fsp3) is 0.357. The highest BCUT2D eigenvalue weighted by atomic mass is 79.9. The lowest BCUT2D eigenvalue weighted by atomic mass is 10.2. The van der Waals surface area contributed by atoms with Crippen LogP contribution in [0.5, 0.6) is 0 Å². The molecule has 0 bridgehead atoms. The maximum absolute atomic E-state index is 4.49. The van der Waals surface area contributed by atoms with E-state index >= 15 is 0 Å². The maximum atomic E-state index is 4.49. The Morgan fingerprint density at radius 3 is 2.94 bits per heavy atom. The van der Waals surface area contributed by atoms with Crippen LogP contribution in [-0.4, -0.2) is 11.5 Å². The molecule has 0 aliphatic rings. The van der Waals surface area contributed by atoms with E-state index < -0.39 is 0 Å². The molecule has 0 spiro atoms. The Morgan fingerprint density at radius 2 is 2.22 bits per heavy atom. The molecule has 2 aromatic rings. The minimum absolute atomic E-state index is 0.915. The van der Waals surface area contributed by atoms with Crippen LogP contribution in [0.4, 0.5) is 0 Å². The van der Waals surface area contributed by atoms with E-state index in [2.05, 4.69) is 58.3 Å². The number of nitrogens with zero attached hydrogens (tertiary/aromatic N) is 1. The van der Waals surface area contributed by atoms with Gasteiger partial charge in [0.25, 0.3) is 0 Å². The highest BCUT2D eigenvalue weighted by Crippen LogP contribution is 2.28. The van der Waals surface area contributed by atoms with Crippen molar-refractivity contribution in [2.75, 3.05) is 6.54 Å². The van der Waals surface area contributed by atoms with Crippen molar-refractivity contribution in [3.63, 3.8) is 0 Å². The van der Waals surface area contributed by atoms with Crippen molar-refractivity contribution in [2.45, 2.75) is 26.8 Å². The SMILES string of the molecule is CCCNCc1cnc(-c2ccc(C)c(Br)c2)s1. The van der Waals surface area contributed by atoms with Gasteiger partial charge >= 0.3 is 0 Å². The lowest BCUT2D eigenvalue weighted by Gasteiger charge is -2.01. The summed E-state index contributed by atoms with van der Waals surface area (Å²) in [6.07, 6.45) is 3.13. The summed E-state index contributed by atoms with van der Waals surface area (Å²) in [5.74, 6) is 0. The van der Waals surface area contributed by atoms with Gasteiger partial charge in [0, 0.05) is 27.7 Å². The van der Waals surface area contributed by atoms with Crippen LogP contribution < -0.4 is 5.32 Å². The number of benzene rings is 1.